The van der Waals surface area contributed by atoms with Crippen LogP contribution in [0.1, 0.15) is 12.8 Å². The summed E-state index contributed by atoms with van der Waals surface area (Å²) in [4.78, 5) is 12.7. The number of halogens is 2. The van der Waals surface area contributed by atoms with E-state index in [-0.39, 0.29) is 34.7 Å². The number of anilines is 1. The molecule has 1 atom stereocenters. The Morgan fingerprint density at radius 1 is 1.20 bits per heavy atom. The molecule has 1 amide bonds. The molecule has 2 aromatic rings. The Hall–Kier alpha value is -2.36. The number of hydrogen-bond acceptors (Lipinski definition) is 5. The summed E-state index contributed by atoms with van der Waals surface area (Å²) in [6.07, 6.45) is 1.05. The molecule has 10 heteroatoms. The van der Waals surface area contributed by atoms with Crippen molar-refractivity contribution in [1.82, 2.24) is 4.31 Å². The lowest BCUT2D eigenvalue weighted by atomic mass is 9.99. The summed E-state index contributed by atoms with van der Waals surface area (Å²) in [6.45, 7) is 0.304. The summed E-state index contributed by atoms with van der Waals surface area (Å²) in [7, 11) is -1.08. The molecule has 0 radical (unpaired) electrons. The Morgan fingerprint density at radius 2 is 1.97 bits per heavy atom. The lowest BCUT2D eigenvalue weighted by molar-refractivity contribution is -0.120. The number of rotatable bonds is 6. The Bertz CT molecular complexity index is 1050. The standard InChI is InChI=1S/C20H22ClFN2O5S/c1-28-15-6-8-18(29-2)19(11-15)30(26,27)24-9-3-4-13(12-24)20(25)23-14-5-7-17(22)16(21)10-14/h5-8,10-11,13H,3-4,9,12H2,1-2H3,(H,23,25)/t13-/m1/s1. The number of ether oxygens (including phenoxy) is 2. The first-order valence-corrected chi connectivity index (χ1v) is 11.1. The topological polar surface area (TPSA) is 84.9 Å². The number of nitrogens with one attached hydrogen (secondary N) is 1. The van der Waals surface area contributed by atoms with E-state index in [9.17, 15) is 17.6 Å². The van der Waals surface area contributed by atoms with Crippen LogP contribution < -0.4 is 14.8 Å². The Morgan fingerprint density at radius 3 is 2.63 bits per heavy atom. The van der Waals surface area contributed by atoms with Gasteiger partial charge in [-0.2, -0.15) is 4.31 Å². The van der Waals surface area contributed by atoms with Gasteiger partial charge in [0, 0.05) is 24.8 Å². The summed E-state index contributed by atoms with van der Waals surface area (Å²) in [5, 5.41) is 2.57. The van der Waals surface area contributed by atoms with Crippen LogP contribution >= 0.6 is 11.6 Å². The van der Waals surface area contributed by atoms with Crippen LogP contribution in [0.5, 0.6) is 11.5 Å². The highest BCUT2D eigenvalue weighted by Gasteiger charge is 2.35. The molecule has 1 heterocycles. The highest BCUT2D eigenvalue weighted by atomic mass is 35.5. The van der Waals surface area contributed by atoms with Crippen molar-refractivity contribution in [1.29, 1.82) is 0 Å². The largest absolute Gasteiger partial charge is 0.497 e. The number of amides is 1. The maximum Gasteiger partial charge on any atom is 0.246 e. The molecule has 1 aliphatic rings. The molecule has 3 rings (SSSR count). The van der Waals surface area contributed by atoms with Crippen LogP contribution in [0.25, 0.3) is 0 Å². The van der Waals surface area contributed by atoms with E-state index in [1.54, 1.807) is 6.07 Å². The van der Waals surface area contributed by atoms with Gasteiger partial charge in [-0.05, 0) is 43.2 Å². The van der Waals surface area contributed by atoms with Gasteiger partial charge in [0.05, 0.1) is 25.2 Å². The van der Waals surface area contributed by atoms with Crippen molar-refractivity contribution in [2.24, 2.45) is 5.92 Å². The van der Waals surface area contributed by atoms with Crippen molar-refractivity contribution in [2.75, 3.05) is 32.6 Å². The molecule has 0 unspecified atom stereocenters. The fourth-order valence-corrected chi connectivity index (χ4v) is 5.19. The molecule has 162 valence electrons. The van der Waals surface area contributed by atoms with Gasteiger partial charge in [-0.25, -0.2) is 12.8 Å². The average Bonchev–Trinajstić information content (AvgIpc) is 2.75. The van der Waals surface area contributed by atoms with Crippen LogP contribution in [-0.4, -0.2) is 45.9 Å². The van der Waals surface area contributed by atoms with E-state index >= 15 is 0 Å². The molecule has 2 aromatic carbocycles. The van der Waals surface area contributed by atoms with E-state index < -0.39 is 21.8 Å². The van der Waals surface area contributed by atoms with Crippen molar-refractivity contribution in [3.63, 3.8) is 0 Å². The summed E-state index contributed by atoms with van der Waals surface area (Å²) < 4.78 is 51.4. The first-order valence-electron chi connectivity index (χ1n) is 9.24. The SMILES string of the molecule is COc1ccc(OC)c(S(=O)(=O)N2CCC[C@@H](C(=O)Nc3ccc(F)c(Cl)c3)C2)c1. The van der Waals surface area contributed by atoms with Gasteiger partial charge >= 0.3 is 0 Å². The lowest BCUT2D eigenvalue weighted by Gasteiger charge is -2.31. The average molecular weight is 457 g/mol. The van der Waals surface area contributed by atoms with Gasteiger partial charge in [0.1, 0.15) is 22.2 Å². The fraction of sp³-hybridized carbons (Fsp3) is 0.350. The second-order valence-electron chi connectivity index (χ2n) is 6.84. The normalized spacial score (nSPS) is 17.4. The number of sulfonamides is 1. The van der Waals surface area contributed by atoms with Gasteiger partial charge in [0.15, 0.2) is 0 Å². The zero-order valence-electron chi connectivity index (χ0n) is 16.5. The van der Waals surface area contributed by atoms with Crippen LogP contribution in [0.3, 0.4) is 0 Å². The van der Waals surface area contributed by atoms with E-state index in [1.165, 1.54) is 42.8 Å². The number of methoxy groups -OCH3 is 2. The van der Waals surface area contributed by atoms with E-state index in [0.717, 1.165) is 6.07 Å². The maximum absolute atomic E-state index is 13.3. The number of nitrogens with zero attached hydrogens (tertiary/aromatic N) is 1. The molecule has 1 N–H and O–H groups in total. The maximum atomic E-state index is 13.3. The second-order valence-corrected chi connectivity index (χ2v) is 9.15. The van der Waals surface area contributed by atoms with Crippen molar-refractivity contribution in [2.45, 2.75) is 17.7 Å². The molecule has 1 fully saturated rings. The first-order chi connectivity index (χ1) is 14.3. The smallest absolute Gasteiger partial charge is 0.246 e. The van der Waals surface area contributed by atoms with Gasteiger partial charge in [-0.15, -0.1) is 0 Å². The fourth-order valence-electron chi connectivity index (χ4n) is 3.32. The second kappa shape index (κ2) is 9.20. The van der Waals surface area contributed by atoms with Crippen LogP contribution in [0, 0.1) is 11.7 Å². The summed E-state index contributed by atoms with van der Waals surface area (Å²) in [5.74, 6) is -0.918. The number of carbonyl (C=O) groups excluding carboxylic acids is 1. The van der Waals surface area contributed by atoms with E-state index in [0.29, 0.717) is 24.3 Å². The van der Waals surface area contributed by atoms with Gasteiger partial charge in [-0.3, -0.25) is 4.79 Å². The number of carbonyl (C=O) groups is 1. The molecule has 0 aromatic heterocycles. The minimum absolute atomic E-state index is 0.0173. The Kier molecular flexibility index (Phi) is 6.84. The summed E-state index contributed by atoms with van der Waals surface area (Å²) >= 11 is 5.75. The number of piperidine rings is 1. The van der Waals surface area contributed by atoms with Gasteiger partial charge in [0.2, 0.25) is 15.9 Å². The molecule has 0 saturated carbocycles. The summed E-state index contributed by atoms with van der Waals surface area (Å²) in [6, 6.07) is 8.41. The number of hydrogen-bond donors (Lipinski definition) is 1. The third-order valence-corrected chi connectivity index (χ3v) is 7.11. The molecular weight excluding hydrogens is 435 g/mol. The van der Waals surface area contributed by atoms with Crippen molar-refractivity contribution >= 4 is 33.2 Å². The van der Waals surface area contributed by atoms with Crippen molar-refractivity contribution < 1.29 is 27.1 Å². The Balaban J connectivity index is 1.79. The molecule has 7 nitrogen and oxygen atoms in total. The van der Waals surface area contributed by atoms with Crippen LogP contribution in [0.2, 0.25) is 5.02 Å². The van der Waals surface area contributed by atoms with E-state index in [2.05, 4.69) is 5.32 Å². The molecule has 1 saturated heterocycles. The predicted molar refractivity (Wildman–Crippen MR) is 111 cm³/mol. The molecule has 0 spiro atoms. The molecular formula is C20H22ClFN2O5S. The van der Waals surface area contributed by atoms with Crippen LogP contribution in [0.4, 0.5) is 10.1 Å². The molecule has 0 aliphatic carbocycles. The molecule has 1 aliphatic heterocycles. The third-order valence-electron chi connectivity index (χ3n) is 4.93. The van der Waals surface area contributed by atoms with Gasteiger partial charge in [-0.1, -0.05) is 11.6 Å². The monoisotopic (exact) mass is 456 g/mol. The minimum atomic E-state index is -3.91. The molecule has 30 heavy (non-hydrogen) atoms. The minimum Gasteiger partial charge on any atom is -0.497 e. The highest BCUT2D eigenvalue weighted by molar-refractivity contribution is 7.89. The predicted octanol–water partition coefficient (Wildman–Crippen LogP) is 3.54. The van der Waals surface area contributed by atoms with E-state index in [4.69, 9.17) is 21.1 Å². The lowest BCUT2D eigenvalue weighted by Crippen LogP contribution is -2.43. The van der Waals surface area contributed by atoms with Crippen molar-refractivity contribution in [3.05, 3.63) is 47.2 Å². The van der Waals surface area contributed by atoms with Crippen LogP contribution in [0.15, 0.2) is 41.3 Å². The van der Waals surface area contributed by atoms with Gasteiger partial charge in [0.25, 0.3) is 0 Å². The first kappa shape index (κ1) is 22.3. The third kappa shape index (κ3) is 4.69. The zero-order valence-corrected chi connectivity index (χ0v) is 18.1. The quantitative estimate of drug-likeness (QED) is 0.718. The highest BCUT2D eigenvalue weighted by Crippen LogP contribution is 2.33. The number of benzene rings is 2. The van der Waals surface area contributed by atoms with E-state index in [1.807, 2.05) is 0 Å². The zero-order chi connectivity index (χ0) is 21.9. The molecule has 0 bridgehead atoms. The van der Waals surface area contributed by atoms with Gasteiger partial charge < -0.3 is 14.8 Å². The van der Waals surface area contributed by atoms with Crippen molar-refractivity contribution in [3.8, 4) is 11.5 Å². The Labute approximate surface area is 179 Å². The van der Waals surface area contributed by atoms with Crippen LogP contribution in [-0.2, 0) is 14.8 Å². The summed E-state index contributed by atoms with van der Waals surface area (Å²) in [5.41, 5.74) is 0.348.